The molecule has 1 saturated heterocycles. The van der Waals surface area contributed by atoms with Crippen LogP contribution in [-0.2, 0) is 18.3 Å². The van der Waals surface area contributed by atoms with Gasteiger partial charge in [0.05, 0.1) is 23.1 Å². The van der Waals surface area contributed by atoms with E-state index in [9.17, 15) is 4.79 Å². The van der Waals surface area contributed by atoms with Crippen LogP contribution in [0.1, 0.15) is 33.6 Å². The van der Waals surface area contributed by atoms with Gasteiger partial charge in [0.2, 0.25) is 5.88 Å². The quantitative estimate of drug-likeness (QED) is 0.303. The Labute approximate surface area is 209 Å². The molecular formula is C28H29N3O3S. The molecule has 4 aromatic rings. The number of amides is 1. The van der Waals surface area contributed by atoms with Crippen LogP contribution in [0.3, 0.4) is 0 Å². The lowest BCUT2D eigenvalue weighted by atomic mass is 10.1. The number of thiophene rings is 1. The summed E-state index contributed by atoms with van der Waals surface area (Å²) in [6.45, 7) is 3.69. The van der Waals surface area contributed by atoms with Crippen molar-refractivity contribution < 1.29 is 14.3 Å². The summed E-state index contributed by atoms with van der Waals surface area (Å²) in [5, 5.41) is 6.77. The Morgan fingerprint density at radius 2 is 2.03 bits per heavy atom. The number of benzene rings is 2. The number of hydrogen-bond acceptors (Lipinski definition) is 5. The Morgan fingerprint density at radius 1 is 1.17 bits per heavy atom. The van der Waals surface area contributed by atoms with E-state index in [0.29, 0.717) is 23.8 Å². The minimum absolute atomic E-state index is 0.000120. The molecule has 0 unspecified atom stereocenters. The molecular weight excluding hydrogens is 458 g/mol. The van der Waals surface area contributed by atoms with Crippen molar-refractivity contribution >= 4 is 17.2 Å². The summed E-state index contributed by atoms with van der Waals surface area (Å²) < 4.78 is 14.1. The summed E-state index contributed by atoms with van der Waals surface area (Å²) in [4.78, 5) is 16.2. The molecule has 0 spiro atoms. The maximum atomic E-state index is 13.6. The van der Waals surface area contributed by atoms with Crippen molar-refractivity contribution in [3.8, 4) is 22.9 Å². The van der Waals surface area contributed by atoms with Crippen LogP contribution in [0.2, 0.25) is 0 Å². The maximum absolute atomic E-state index is 13.6. The number of aromatic nitrogens is 2. The van der Waals surface area contributed by atoms with Crippen molar-refractivity contribution in [3.63, 3.8) is 0 Å². The Bertz CT molecular complexity index is 1280. The molecule has 1 aliphatic heterocycles. The van der Waals surface area contributed by atoms with Gasteiger partial charge in [0, 0.05) is 25.8 Å². The lowest BCUT2D eigenvalue weighted by Gasteiger charge is -2.25. The first kappa shape index (κ1) is 23.3. The zero-order chi connectivity index (χ0) is 24.2. The molecule has 180 valence electrons. The minimum atomic E-state index is -0.000120. The van der Waals surface area contributed by atoms with Gasteiger partial charge in [0.1, 0.15) is 11.4 Å². The second-order valence-corrected chi connectivity index (χ2v) is 9.79. The van der Waals surface area contributed by atoms with Gasteiger partial charge in [-0.1, -0.05) is 48.5 Å². The fourth-order valence-corrected chi connectivity index (χ4v) is 5.13. The molecule has 5 rings (SSSR count). The third kappa shape index (κ3) is 5.31. The molecule has 0 saturated carbocycles. The third-order valence-electron chi connectivity index (χ3n) is 6.16. The van der Waals surface area contributed by atoms with Gasteiger partial charge in [0.25, 0.3) is 5.91 Å². The summed E-state index contributed by atoms with van der Waals surface area (Å²) >= 11 is 1.46. The molecule has 0 aliphatic carbocycles. The van der Waals surface area contributed by atoms with Crippen LogP contribution in [0.25, 0.3) is 11.3 Å². The van der Waals surface area contributed by atoms with Crippen molar-refractivity contribution in [1.29, 1.82) is 0 Å². The predicted molar refractivity (Wildman–Crippen MR) is 138 cm³/mol. The lowest BCUT2D eigenvalue weighted by molar-refractivity contribution is 0.0510. The molecule has 35 heavy (non-hydrogen) atoms. The number of hydrogen-bond donors (Lipinski definition) is 0. The highest BCUT2D eigenvalue weighted by Gasteiger charge is 2.28. The highest BCUT2D eigenvalue weighted by Crippen LogP contribution is 2.35. The van der Waals surface area contributed by atoms with Gasteiger partial charge in [-0.15, -0.1) is 11.3 Å². The van der Waals surface area contributed by atoms with E-state index >= 15 is 0 Å². The Hall–Kier alpha value is -3.42. The smallest absolute Gasteiger partial charge is 0.264 e. The summed E-state index contributed by atoms with van der Waals surface area (Å²) in [7, 11) is 1.88. The van der Waals surface area contributed by atoms with Crippen LogP contribution >= 0.6 is 11.3 Å². The van der Waals surface area contributed by atoms with Crippen LogP contribution in [0.5, 0.6) is 11.6 Å². The summed E-state index contributed by atoms with van der Waals surface area (Å²) in [6, 6.07) is 21.8. The molecule has 1 atom stereocenters. The first-order chi connectivity index (χ1) is 17.1. The van der Waals surface area contributed by atoms with Crippen molar-refractivity contribution in [2.75, 3.05) is 13.2 Å². The van der Waals surface area contributed by atoms with Gasteiger partial charge in [-0.3, -0.25) is 4.79 Å². The van der Waals surface area contributed by atoms with Crippen molar-refractivity contribution in [2.24, 2.45) is 7.05 Å². The molecule has 3 heterocycles. The molecule has 0 radical (unpaired) electrons. The van der Waals surface area contributed by atoms with E-state index in [1.54, 1.807) is 4.68 Å². The molecule has 1 fully saturated rings. The van der Waals surface area contributed by atoms with Gasteiger partial charge < -0.3 is 14.4 Å². The van der Waals surface area contributed by atoms with E-state index in [1.807, 2.05) is 91.0 Å². The second kappa shape index (κ2) is 10.5. The fourth-order valence-electron chi connectivity index (χ4n) is 4.44. The first-order valence-electron chi connectivity index (χ1n) is 11.9. The summed E-state index contributed by atoms with van der Waals surface area (Å²) in [5.74, 6) is 1.37. The fraction of sp³-hybridized carbons (Fsp3) is 0.286. The number of aryl methyl sites for hydroxylation is 2. The Kier molecular flexibility index (Phi) is 6.97. The third-order valence-corrected chi connectivity index (χ3v) is 7.01. The van der Waals surface area contributed by atoms with Crippen molar-refractivity contribution in [2.45, 2.75) is 32.4 Å². The molecule has 2 aromatic carbocycles. The molecule has 7 heteroatoms. The summed E-state index contributed by atoms with van der Waals surface area (Å²) in [6.07, 6.45) is 2.02. The van der Waals surface area contributed by atoms with Crippen LogP contribution in [0, 0.1) is 6.92 Å². The molecule has 2 aromatic heterocycles. The van der Waals surface area contributed by atoms with Crippen LogP contribution < -0.4 is 4.74 Å². The number of carbonyl (C=O) groups is 1. The van der Waals surface area contributed by atoms with Gasteiger partial charge in [-0.25, -0.2) is 4.68 Å². The topological polar surface area (TPSA) is 56.6 Å². The Balaban J connectivity index is 1.55. The van der Waals surface area contributed by atoms with Crippen molar-refractivity contribution in [3.05, 3.63) is 88.1 Å². The largest absolute Gasteiger partial charge is 0.439 e. The van der Waals surface area contributed by atoms with Crippen LogP contribution in [-0.4, -0.2) is 39.8 Å². The predicted octanol–water partition coefficient (Wildman–Crippen LogP) is 6.07. The number of ether oxygens (including phenoxy) is 2. The van der Waals surface area contributed by atoms with E-state index in [4.69, 9.17) is 14.6 Å². The highest BCUT2D eigenvalue weighted by molar-refractivity contribution is 7.12. The second-order valence-electron chi connectivity index (χ2n) is 8.84. The van der Waals surface area contributed by atoms with Gasteiger partial charge in [0.15, 0.2) is 0 Å². The minimum Gasteiger partial charge on any atom is -0.439 e. The van der Waals surface area contributed by atoms with E-state index in [1.165, 1.54) is 11.3 Å². The van der Waals surface area contributed by atoms with E-state index in [0.717, 1.165) is 47.6 Å². The average Bonchev–Trinajstić information content (AvgIpc) is 3.63. The van der Waals surface area contributed by atoms with Gasteiger partial charge >= 0.3 is 0 Å². The monoisotopic (exact) mass is 487 g/mol. The SMILES string of the molecule is Cc1cccc(Oc2c(CN(C[C@H]3CCCO3)C(=O)c3cccs3)c(-c3ccccc3)nn2C)c1. The average molecular weight is 488 g/mol. The van der Waals surface area contributed by atoms with E-state index < -0.39 is 0 Å². The molecule has 0 N–H and O–H groups in total. The Morgan fingerprint density at radius 3 is 2.74 bits per heavy atom. The number of nitrogens with zero attached hydrogens (tertiary/aromatic N) is 3. The normalized spacial score (nSPS) is 15.3. The number of carbonyl (C=O) groups excluding carboxylic acids is 1. The van der Waals surface area contributed by atoms with E-state index in [2.05, 4.69) is 0 Å². The van der Waals surface area contributed by atoms with Crippen LogP contribution in [0.15, 0.2) is 72.1 Å². The zero-order valence-electron chi connectivity index (χ0n) is 20.0. The van der Waals surface area contributed by atoms with E-state index in [-0.39, 0.29) is 12.0 Å². The maximum Gasteiger partial charge on any atom is 0.264 e. The first-order valence-corrected chi connectivity index (χ1v) is 12.8. The standard InChI is InChI=1S/C28H29N3O3S/c1-20-9-6-12-22(17-20)34-28-24(26(29-30(28)2)21-10-4-3-5-11-21)19-31(18-23-13-7-15-33-23)27(32)25-14-8-16-35-25/h3-6,8-12,14,16-17,23H,7,13,15,18-19H2,1-2H3/t23-/m1/s1. The molecule has 6 nitrogen and oxygen atoms in total. The van der Waals surface area contributed by atoms with Crippen LogP contribution in [0.4, 0.5) is 0 Å². The summed E-state index contributed by atoms with van der Waals surface area (Å²) in [5.41, 5.74) is 3.79. The number of rotatable bonds is 8. The highest BCUT2D eigenvalue weighted by atomic mass is 32.1. The lowest BCUT2D eigenvalue weighted by Crippen LogP contribution is -2.36. The van der Waals surface area contributed by atoms with Crippen molar-refractivity contribution in [1.82, 2.24) is 14.7 Å². The molecule has 0 bridgehead atoms. The van der Waals surface area contributed by atoms with Gasteiger partial charge in [-0.2, -0.15) is 5.10 Å². The molecule has 1 aliphatic rings. The van der Waals surface area contributed by atoms with Gasteiger partial charge in [-0.05, 0) is 48.9 Å². The zero-order valence-corrected chi connectivity index (χ0v) is 20.8. The molecule has 1 amide bonds.